The number of hydrogen-bond acceptors (Lipinski definition) is 6. The highest BCUT2D eigenvalue weighted by molar-refractivity contribution is 6.06. The minimum Gasteiger partial charge on any atom is -0.462 e. The molecule has 0 radical (unpaired) electrons. The summed E-state index contributed by atoms with van der Waals surface area (Å²) in [5.41, 5.74) is -0.894. The van der Waals surface area contributed by atoms with Gasteiger partial charge in [-0.15, -0.1) is 0 Å². The van der Waals surface area contributed by atoms with Crippen molar-refractivity contribution in [3.8, 4) is 0 Å². The summed E-state index contributed by atoms with van der Waals surface area (Å²) in [6, 6.07) is 3.97. The molecular formula is C24H37NO6. The first-order valence-electron chi connectivity index (χ1n) is 11.5. The van der Waals surface area contributed by atoms with E-state index >= 15 is 0 Å². The maximum absolute atomic E-state index is 12.8. The number of nitro groups is 1. The van der Waals surface area contributed by atoms with E-state index in [4.69, 9.17) is 9.47 Å². The highest BCUT2D eigenvalue weighted by Gasteiger charge is 2.30. The van der Waals surface area contributed by atoms with Crippen LogP contribution in [0.2, 0.25) is 0 Å². The smallest absolute Gasteiger partial charge is 0.346 e. The first kappa shape index (κ1) is 26.6. The van der Waals surface area contributed by atoms with Gasteiger partial charge in [-0.25, -0.2) is 9.59 Å². The molecule has 0 saturated carbocycles. The van der Waals surface area contributed by atoms with E-state index in [1.54, 1.807) is 0 Å². The van der Waals surface area contributed by atoms with Crippen LogP contribution in [0.4, 0.5) is 5.69 Å². The zero-order valence-electron chi connectivity index (χ0n) is 19.4. The fourth-order valence-corrected chi connectivity index (χ4v) is 3.41. The average molecular weight is 436 g/mol. The Labute approximate surface area is 185 Å². The van der Waals surface area contributed by atoms with Crippen LogP contribution in [0.15, 0.2) is 18.2 Å². The molecule has 7 heteroatoms. The Morgan fingerprint density at radius 1 is 0.903 bits per heavy atom. The molecule has 0 aliphatic carbocycles. The number of unbranched alkanes of at least 4 members (excludes halogenated alkanes) is 2. The maximum atomic E-state index is 12.8. The summed E-state index contributed by atoms with van der Waals surface area (Å²) in [6.45, 7) is 8.64. The molecule has 2 unspecified atom stereocenters. The van der Waals surface area contributed by atoms with E-state index in [1.807, 2.05) is 13.8 Å². The molecule has 0 bridgehead atoms. The third-order valence-corrected chi connectivity index (χ3v) is 5.65. The normalized spacial score (nSPS) is 12.8. The predicted molar refractivity (Wildman–Crippen MR) is 120 cm³/mol. The fourth-order valence-electron chi connectivity index (χ4n) is 3.41. The van der Waals surface area contributed by atoms with Crippen molar-refractivity contribution in [2.24, 2.45) is 11.8 Å². The van der Waals surface area contributed by atoms with Gasteiger partial charge in [-0.3, -0.25) is 10.1 Å². The number of benzene rings is 1. The molecule has 1 rings (SSSR count). The molecule has 1 aromatic rings. The summed E-state index contributed by atoms with van der Waals surface area (Å²) in [4.78, 5) is 36.4. The van der Waals surface area contributed by atoms with Gasteiger partial charge >= 0.3 is 11.9 Å². The van der Waals surface area contributed by atoms with E-state index < -0.39 is 22.5 Å². The number of carbonyl (C=O) groups excluding carboxylic acids is 2. The highest BCUT2D eigenvalue weighted by Crippen LogP contribution is 2.25. The summed E-state index contributed by atoms with van der Waals surface area (Å²) in [7, 11) is 0. The number of nitro benzene ring substituents is 1. The number of ether oxygens (including phenoxy) is 2. The lowest BCUT2D eigenvalue weighted by atomic mass is 10.00. The lowest BCUT2D eigenvalue weighted by Crippen LogP contribution is -2.20. The molecule has 0 spiro atoms. The quantitative estimate of drug-likeness (QED) is 0.181. The molecule has 0 aliphatic heterocycles. The second kappa shape index (κ2) is 14.5. The number of rotatable bonds is 15. The molecule has 0 fully saturated rings. The summed E-state index contributed by atoms with van der Waals surface area (Å²) in [5, 5.41) is 11.5. The van der Waals surface area contributed by atoms with Crippen LogP contribution in [-0.4, -0.2) is 30.1 Å². The molecule has 0 aliphatic rings. The first-order valence-corrected chi connectivity index (χ1v) is 11.5. The Kier molecular flexibility index (Phi) is 12.5. The third kappa shape index (κ3) is 8.67. The fraction of sp³-hybridized carbons (Fsp3) is 0.667. The van der Waals surface area contributed by atoms with Crippen LogP contribution in [0.25, 0.3) is 0 Å². The summed E-state index contributed by atoms with van der Waals surface area (Å²) in [5.74, 6) is -1.18. The van der Waals surface area contributed by atoms with Crippen molar-refractivity contribution in [2.75, 3.05) is 13.2 Å². The van der Waals surface area contributed by atoms with Crippen LogP contribution >= 0.6 is 0 Å². The minimum absolute atomic E-state index is 0.119. The van der Waals surface area contributed by atoms with E-state index in [9.17, 15) is 19.7 Å². The minimum atomic E-state index is -0.854. The van der Waals surface area contributed by atoms with Gasteiger partial charge in [-0.1, -0.05) is 72.3 Å². The number of carbonyl (C=O) groups is 2. The first-order chi connectivity index (χ1) is 14.9. The van der Waals surface area contributed by atoms with Crippen LogP contribution in [-0.2, 0) is 9.47 Å². The van der Waals surface area contributed by atoms with Gasteiger partial charge in [0.2, 0.25) is 0 Å². The van der Waals surface area contributed by atoms with Crippen molar-refractivity contribution < 1.29 is 24.0 Å². The van der Waals surface area contributed by atoms with Gasteiger partial charge in [-0.2, -0.15) is 0 Å². The monoisotopic (exact) mass is 435 g/mol. The number of nitrogens with zero attached hydrogens (tertiary/aromatic N) is 1. The molecule has 174 valence electrons. The predicted octanol–water partition coefficient (Wildman–Crippen LogP) is 6.34. The van der Waals surface area contributed by atoms with Crippen molar-refractivity contribution in [1.82, 2.24) is 0 Å². The Bertz CT molecular complexity index is 718. The van der Waals surface area contributed by atoms with Gasteiger partial charge in [0.15, 0.2) is 5.56 Å². The lowest BCUT2D eigenvalue weighted by molar-refractivity contribution is -0.385. The van der Waals surface area contributed by atoms with Crippen molar-refractivity contribution in [3.63, 3.8) is 0 Å². The molecule has 31 heavy (non-hydrogen) atoms. The molecule has 0 saturated heterocycles. The summed E-state index contributed by atoms with van der Waals surface area (Å²) in [6.07, 6.45) is 7.74. The van der Waals surface area contributed by atoms with Crippen LogP contribution in [0.1, 0.15) is 99.8 Å². The van der Waals surface area contributed by atoms with E-state index in [1.165, 1.54) is 18.2 Å². The SMILES string of the molecule is CCCCC(CC)COC(=O)c1cccc([N+](=O)[O-])c1C(=O)OCC(CC)CCCC. The average Bonchev–Trinajstić information content (AvgIpc) is 2.78. The van der Waals surface area contributed by atoms with Crippen LogP contribution in [0, 0.1) is 22.0 Å². The zero-order chi connectivity index (χ0) is 23.2. The Morgan fingerprint density at radius 3 is 1.87 bits per heavy atom. The van der Waals surface area contributed by atoms with Gasteiger partial charge in [0.05, 0.1) is 23.7 Å². The molecule has 0 aromatic heterocycles. The largest absolute Gasteiger partial charge is 0.462 e. The van der Waals surface area contributed by atoms with Gasteiger partial charge in [-0.05, 0) is 30.7 Å². The molecule has 1 aromatic carbocycles. The van der Waals surface area contributed by atoms with Crippen molar-refractivity contribution in [1.29, 1.82) is 0 Å². The van der Waals surface area contributed by atoms with Crippen molar-refractivity contribution in [2.45, 2.75) is 79.1 Å². The van der Waals surface area contributed by atoms with E-state index in [2.05, 4.69) is 13.8 Å². The van der Waals surface area contributed by atoms with E-state index in [-0.39, 0.29) is 36.2 Å². The summed E-state index contributed by atoms with van der Waals surface area (Å²) < 4.78 is 10.8. The summed E-state index contributed by atoms with van der Waals surface area (Å²) >= 11 is 0. The van der Waals surface area contributed by atoms with Gasteiger partial charge < -0.3 is 9.47 Å². The van der Waals surface area contributed by atoms with Gasteiger partial charge in [0.1, 0.15) is 0 Å². The molecule has 0 heterocycles. The van der Waals surface area contributed by atoms with E-state index in [0.717, 1.165) is 51.4 Å². The molecule has 0 amide bonds. The van der Waals surface area contributed by atoms with E-state index in [0.29, 0.717) is 0 Å². The number of esters is 2. The highest BCUT2D eigenvalue weighted by atomic mass is 16.6. The van der Waals surface area contributed by atoms with Crippen LogP contribution in [0.5, 0.6) is 0 Å². The molecule has 7 nitrogen and oxygen atoms in total. The van der Waals surface area contributed by atoms with Crippen LogP contribution in [0.3, 0.4) is 0 Å². The van der Waals surface area contributed by atoms with Gasteiger partial charge in [0.25, 0.3) is 5.69 Å². The third-order valence-electron chi connectivity index (χ3n) is 5.65. The Morgan fingerprint density at radius 2 is 1.42 bits per heavy atom. The zero-order valence-corrected chi connectivity index (χ0v) is 19.4. The molecule has 0 N–H and O–H groups in total. The van der Waals surface area contributed by atoms with Crippen LogP contribution < -0.4 is 0 Å². The Hall–Kier alpha value is -2.44. The second-order valence-corrected chi connectivity index (χ2v) is 7.99. The topological polar surface area (TPSA) is 95.7 Å². The van der Waals surface area contributed by atoms with Gasteiger partial charge in [0, 0.05) is 6.07 Å². The number of hydrogen-bond donors (Lipinski definition) is 0. The Balaban J connectivity index is 3.01. The lowest BCUT2D eigenvalue weighted by Gasteiger charge is -2.17. The second-order valence-electron chi connectivity index (χ2n) is 7.99. The maximum Gasteiger partial charge on any atom is 0.346 e. The van der Waals surface area contributed by atoms with Crippen molar-refractivity contribution >= 4 is 17.6 Å². The molecular weight excluding hydrogens is 398 g/mol. The molecule has 2 atom stereocenters. The standard InChI is InChI=1S/C24H37NO6/c1-5-9-12-18(7-3)16-30-23(26)20-14-11-15-21(25(28)29)22(20)24(27)31-17-19(8-4)13-10-6-2/h11,14-15,18-19H,5-10,12-13,16-17H2,1-4H3. The van der Waals surface area contributed by atoms with Crippen molar-refractivity contribution in [3.05, 3.63) is 39.4 Å².